The van der Waals surface area contributed by atoms with E-state index >= 15 is 0 Å². The Morgan fingerprint density at radius 2 is 2.25 bits per heavy atom. The van der Waals surface area contributed by atoms with Crippen LogP contribution in [0.2, 0.25) is 0 Å². The Hall–Kier alpha value is -1.35. The first-order valence-corrected chi connectivity index (χ1v) is 7.76. The molecular weight excluding hydrogens is 270 g/mol. The van der Waals surface area contributed by atoms with E-state index in [2.05, 4.69) is 34.2 Å². The fraction of sp³-hybridized carbons (Fsp3) is 0.533. The molecule has 3 N–H and O–H groups in total. The van der Waals surface area contributed by atoms with Crippen molar-refractivity contribution in [3.05, 3.63) is 21.9 Å². The lowest BCUT2D eigenvalue weighted by Crippen LogP contribution is -2.43. The minimum absolute atomic E-state index is 0.0739. The summed E-state index contributed by atoms with van der Waals surface area (Å²) < 4.78 is 0. The molecule has 0 aromatic carbocycles. The van der Waals surface area contributed by atoms with Crippen LogP contribution in [-0.4, -0.2) is 36.5 Å². The number of likely N-dealkylation sites (tertiary alicyclic amines) is 1. The Morgan fingerprint density at radius 3 is 2.90 bits per heavy atom. The summed E-state index contributed by atoms with van der Waals surface area (Å²) in [4.78, 5) is 15.9. The summed E-state index contributed by atoms with van der Waals surface area (Å²) in [6.07, 6.45) is 2.07. The van der Waals surface area contributed by atoms with Gasteiger partial charge in [0, 0.05) is 37.5 Å². The van der Waals surface area contributed by atoms with E-state index in [4.69, 9.17) is 5.73 Å². The zero-order valence-electron chi connectivity index (χ0n) is 11.8. The minimum Gasteiger partial charge on any atom is -0.354 e. The van der Waals surface area contributed by atoms with Crippen LogP contribution in [0.15, 0.2) is 12.1 Å². The number of nitrogens with two attached hydrogens (primary N) is 1. The molecule has 2 heterocycles. The molecule has 0 atom stereocenters. The van der Waals surface area contributed by atoms with E-state index in [-0.39, 0.29) is 5.91 Å². The molecule has 1 aromatic rings. The average Bonchev–Trinajstić information content (AvgIpc) is 2.86. The van der Waals surface area contributed by atoms with Gasteiger partial charge in [-0.25, -0.2) is 0 Å². The van der Waals surface area contributed by atoms with E-state index in [1.165, 1.54) is 4.88 Å². The van der Waals surface area contributed by atoms with Gasteiger partial charge in [-0.3, -0.25) is 9.69 Å². The highest BCUT2D eigenvalue weighted by molar-refractivity contribution is 7.12. The molecule has 0 spiro atoms. The van der Waals surface area contributed by atoms with Crippen molar-refractivity contribution in [1.29, 1.82) is 0 Å². The Labute approximate surface area is 124 Å². The molecule has 1 aliphatic rings. The van der Waals surface area contributed by atoms with Gasteiger partial charge in [-0.2, -0.15) is 0 Å². The maximum atomic E-state index is 11.0. The first-order chi connectivity index (χ1) is 9.67. The number of piperidine rings is 1. The summed E-state index contributed by atoms with van der Waals surface area (Å²) in [5, 5.41) is 3.00. The molecule has 1 amide bonds. The number of rotatable bonds is 3. The van der Waals surface area contributed by atoms with Crippen molar-refractivity contribution < 1.29 is 4.79 Å². The van der Waals surface area contributed by atoms with Gasteiger partial charge in [-0.15, -0.1) is 11.3 Å². The summed E-state index contributed by atoms with van der Waals surface area (Å²) in [7, 11) is 0. The molecule has 5 heteroatoms. The topological polar surface area (TPSA) is 58.4 Å². The average molecular weight is 291 g/mol. The van der Waals surface area contributed by atoms with E-state index < -0.39 is 0 Å². The molecule has 1 saturated heterocycles. The van der Waals surface area contributed by atoms with Gasteiger partial charge in [0.1, 0.15) is 0 Å². The van der Waals surface area contributed by atoms with E-state index in [0.717, 1.165) is 37.4 Å². The molecule has 2 rings (SSSR count). The number of nitrogens with zero attached hydrogens (tertiary/aromatic N) is 1. The summed E-state index contributed by atoms with van der Waals surface area (Å²) in [6, 6.07) is 4.55. The van der Waals surface area contributed by atoms with E-state index in [1.807, 2.05) is 0 Å². The third-order valence-electron chi connectivity index (χ3n) is 3.35. The van der Waals surface area contributed by atoms with E-state index in [0.29, 0.717) is 12.6 Å². The molecule has 0 saturated carbocycles. The van der Waals surface area contributed by atoms with Crippen molar-refractivity contribution in [2.75, 3.05) is 19.6 Å². The van der Waals surface area contributed by atoms with Crippen molar-refractivity contribution >= 4 is 17.2 Å². The lowest BCUT2D eigenvalue weighted by atomic mass is 10.1. The number of hydrogen-bond donors (Lipinski definition) is 2. The molecule has 0 unspecified atom stereocenters. The molecule has 1 fully saturated rings. The zero-order valence-corrected chi connectivity index (χ0v) is 12.6. The standard InChI is InChI=1S/C15H21N3OS/c1-12(19)17-13-6-9-18(10-7-13)11-15-5-4-14(20-15)3-2-8-16/h4-5,13H,6-11,16H2,1H3,(H,17,19). The molecule has 0 aliphatic carbocycles. The smallest absolute Gasteiger partial charge is 0.217 e. The predicted octanol–water partition coefficient (Wildman–Crippen LogP) is 1.16. The maximum Gasteiger partial charge on any atom is 0.217 e. The van der Waals surface area contributed by atoms with Gasteiger partial charge in [0.25, 0.3) is 0 Å². The van der Waals surface area contributed by atoms with Crippen LogP contribution < -0.4 is 11.1 Å². The number of carbonyl (C=O) groups excluding carboxylic acids is 1. The second-order valence-electron chi connectivity index (χ2n) is 5.02. The highest BCUT2D eigenvalue weighted by atomic mass is 32.1. The normalized spacial score (nSPS) is 16.5. The van der Waals surface area contributed by atoms with Crippen LogP contribution in [0.3, 0.4) is 0 Å². The molecule has 1 aromatic heterocycles. The summed E-state index contributed by atoms with van der Waals surface area (Å²) in [5.41, 5.74) is 5.37. The number of amides is 1. The first-order valence-electron chi connectivity index (χ1n) is 6.94. The quantitative estimate of drug-likeness (QED) is 0.822. The van der Waals surface area contributed by atoms with Gasteiger partial charge in [-0.05, 0) is 25.0 Å². The Morgan fingerprint density at radius 1 is 1.50 bits per heavy atom. The molecular formula is C15H21N3OS. The van der Waals surface area contributed by atoms with Gasteiger partial charge < -0.3 is 11.1 Å². The SMILES string of the molecule is CC(=O)NC1CCN(Cc2ccc(C#CCN)s2)CC1. The van der Waals surface area contributed by atoms with Crippen LogP contribution >= 0.6 is 11.3 Å². The minimum atomic E-state index is 0.0739. The van der Waals surface area contributed by atoms with Gasteiger partial charge in [0.15, 0.2) is 0 Å². The van der Waals surface area contributed by atoms with E-state index in [1.54, 1.807) is 18.3 Å². The summed E-state index contributed by atoms with van der Waals surface area (Å²) in [6.45, 7) is 5.03. The number of carbonyl (C=O) groups is 1. The highest BCUT2D eigenvalue weighted by Crippen LogP contribution is 2.20. The fourth-order valence-corrected chi connectivity index (χ4v) is 3.34. The Balaban J connectivity index is 1.80. The third-order valence-corrected chi connectivity index (χ3v) is 4.34. The van der Waals surface area contributed by atoms with Gasteiger partial charge in [0.2, 0.25) is 5.91 Å². The molecule has 0 bridgehead atoms. The molecule has 108 valence electrons. The molecule has 20 heavy (non-hydrogen) atoms. The summed E-state index contributed by atoms with van der Waals surface area (Å²) in [5.74, 6) is 6.02. The molecule has 0 radical (unpaired) electrons. The monoisotopic (exact) mass is 291 g/mol. The van der Waals surface area contributed by atoms with Gasteiger partial charge in [-0.1, -0.05) is 11.8 Å². The van der Waals surface area contributed by atoms with Crippen LogP contribution in [0, 0.1) is 11.8 Å². The predicted molar refractivity (Wildman–Crippen MR) is 82.4 cm³/mol. The van der Waals surface area contributed by atoms with Crippen molar-refractivity contribution in [3.8, 4) is 11.8 Å². The number of thiophene rings is 1. The van der Waals surface area contributed by atoms with Gasteiger partial charge >= 0.3 is 0 Å². The molecule has 1 aliphatic heterocycles. The molecule has 4 nitrogen and oxygen atoms in total. The Kier molecular flexibility index (Phi) is 5.60. The highest BCUT2D eigenvalue weighted by Gasteiger charge is 2.19. The first kappa shape index (κ1) is 15.0. The Bertz CT molecular complexity index is 507. The van der Waals surface area contributed by atoms with Crippen molar-refractivity contribution in [2.45, 2.75) is 32.4 Å². The van der Waals surface area contributed by atoms with Crippen LogP contribution in [0.5, 0.6) is 0 Å². The summed E-state index contributed by atoms with van der Waals surface area (Å²) >= 11 is 1.74. The second-order valence-corrected chi connectivity index (χ2v) is 6.19. The lowest BCUT2D eigenvalue weighted by molar-refractivity contribution is -0.119. The van der Waals surface area contributed by atoms with Crippen molar-refractivity contribution in [3.63, 3.8) is 0 Å². The van der Waals surface area contributed by atoms with Crippen LogP contribution in [-0.2, 0) is 11.3 Å². The van der Waals surface area contributed by atoms with Gasteiger partial charge in [0.05, 0.1) is 11.4 Å². The fourth-order valence-electron chi connectivity index (χ4n) is 2.41. The lowest BCUT2D eigenvalue weighted by Gasteiger charge is -2.31. The van der Waals surface area contributed by atoms with Crippen LogP contribution in [0.4, 0.5) is 0 Å². The number of nitrogens with one attached hydrogen (secondary N) is 1. The zero-order chi connectivity index (χ0) is 14.4. The third kappa shape index (κ3) is 4.64. The second kappa shape index (κ2) is 7.44. The van der Waals surface area contributed by atoms with E-state index in [9.17, 15) is 4.79 Å². The largest absolute Gasteiger partial charge is 0.354 e. The van der Waals surface area contributed by atoms with Crippen molar-refractivity contribution in [1.82, 2.24) is 10.2 Å². The van der Waals surface area contributed by atoms with Crippen LogP contribution in [0.1, 0.15) is 29.5 Å². The van der Waals surface area contributed by atoms with Crippen molar-refractivity contribution in [2.24, 2.45) is 5.73 Å². The number of hydrogen-bond acceptors (Lipinski definition) is 4. The van der Waals surface area contributed by atoms with Crippen LogP contribution in [0.25, 0.3) is 0 Å². The maximum absolute atomic E-state index is 11.0.